The molecule has 1 amide bonds. The number of carbonyl (C=O) groups is 1. The maximum absolute atomic E-state index is 13.3. The predicted octanol–water partition coefficient (Wildman–Crippen LogP) is 4.02. The second kappa shape index (κ2) is 9.37. The Balaban J connectivity index is 1.57. The van der Waals surface area contributed by atoms with Crippen LogP contribution < -0.4 is 4.74 Å². The summed E-state index contributed by atoms with van der Waals surface area (Å²) in [6, 6.07) is 20.1. The van der Waals surface area contributed by atoms with Gasteiger partial charge in [-0.05, 0) is 54.8 Å². The van der Waals surface area contributed by atoms with Gasteiger partial charge in [0, 0.05) is 37.8 Å². The first-order valence-electron chi connectivity index (χ1n) is 10.9. The summed E-state index contributed by atoms with van der Waals surface area (Å²) < 4.78 is 32.8. The molecule has 0 aliphatic carbocycles. The van der Waals surface area contributed by atoms with Gasteiger partial charge in [-0.1, -0.05) is 42.0 Å². The molecule has 0 saturated heterocycles. The van der Waals surface area contributed by atoms with Crippen LogP contribution in [0.25, 0.3) is 0 Å². The number of aryl methyl sites for hydroxylation is 1. The number of methoxy groups -OCH3 is 1. The minimum absolute atomic E-state index is 0.0718. The van der Waals surface area contributed by atoms with Gasteiger partial charge in [0.1, 0.15) is 5.75 Å². The van der Waals surface area contributed by atoms with Gasteiger partial charge in [-0.2, -0.15) is 4.31 Å². The van der Waals surface area contributed by atoms with Crippen LogP contribution in [0.1, 0.15) is 32.6 Å². The van der Waals surface area contributed by atoms with E-state index >= 15 is 0 Å². The van der Waals surface area contributed by atoms with E-state index in [1.807, 2.05) is 24.0 Å². The van der Waals surface area contributed by atoms with Crippen LogP contribution in [0.5, 0.6) is 5.75 Å². The lowest BCUT2D eigenvalue weighted by molar-refractivity contribution is 0.0734. The summed E-state index contributed by atoms with van der Waals surface area (Å²) in [4.78, 5) is 15.3. The smallest absolute Gasteiger partial charge is 0.254 e. The van der Waals surface area contributed by atoms with Crippen LogP contribution in [-0.2, 0) is 29.5 Å². The molecule has 3 aromatic rings. The van der Waals surface area contributed by atoms with Crippen LogP contribution in [0.4, 0.5) is 0 Å². The molecule has 172 valence electrons. The van der Waals surface area contributed by atoms with E-state index < -0.39 is 10.0 Å². The Bertz CT molecular complexity index is 1270. The highest BCUT2D eigenvalue weighted by molar-refractivity contribution is 7.89. The molecule has 4 rings (SSSR count). The fourth-order valence-electron chi connectivity index (χ4n) is 4.10. The molecule has 0 fully saturated rings. The Hall–Kier alpha value is -3.16. The Morgan fingerprint density at radius 2 is 1.73 bits per heavy atom. The molecule has 0 bridgehead atoms. The van der Waals surface area contributed by atoms with Crippen molar-refractivity contribution in [3.05, 3.63) is 94.5 Å². The fraction of sp³-hybridized carbons (Fsp3) is 0.269. The van der Waals surface area contributed by atoms with Gasteiger partial charge in [-0.3, -0.25) is 4.79 Å². The molecule has 6 nitrogen and oxygen atoms in total. The fourth-order valence-corrected chi connectivity index (χ4v) is 5.25. The maximum atomic E-state index is 13.3. The van der Waals surface area contributed by atoms with Crippen molar-refractivity contribution in [1.82, 2.24) is 9.21 Å². The van der Waals surface area contributed by atoms with E-state index in [4.69, 9.17) is 4.74 Å². The molecule has 3 aromatic carbocycles. The number of benzene rings is 3. The molecule has 0 atom stereocenters. The standard InChI is InChI=1S/C26H28N2O4S/c1-19-8-11-24(12-9-19)33(30,31)27(2)17-23-16-21(10-13-25(23)32-3)26(29)28-15-14-20-6-4-5-7-22(20)18-28/h4-13,16H,14-15,17-18H2,1-3H3. The molecule has 33 heavy (non-hydrogen) atoms. The van der Waals surface area contributed by atoms with Crippen molar-refractivity contribution >= 4 is 15.9 Å². The first-order valence-corrected chi connectivity index (χ1v) is 12.3. The summed E-state index contributed by atoms with van der Waals surface area (Å²) in [5.41, 5.74) is 4.59. The topological polar surface area (TPSA) is 66.9 Å². The van der Waals surface area contributed by atoms with Crippen molar-refractivity contribution in [2.24, 2.45) is 0 Å². The van der Waals surface area contributed by atoms with Crippen LogP contribution >= 0.6 is 0 Å². The zero-order chi connectivity index (χ0) is 23.6. The molecule has 0 aromatic heterocycles. The first kappa shape index (κ1) is 23.0. The quantitative estimate of drug-likeness (QED) is 0.553. The lowest BCUT2D eigenvalue weighted by atomic mass is 9.99. The molecule has 1 aliphatic heterocycles. The lowest BCUT2D eigenvalue weighted by Gasteiger charge is -2.29. The third kappa shape index (κ3) is 4.79. The van der Waals surface area contributed by atoms with Crippen molar-refractivity contribution < 1.29 is 17.9 Å². The van der Waals surface area contributed by atoms with Crippen molar-refractivity contribution in [2.45, 2.75) is 31.3 Å². The number of amides is 1. The van der Waals surface area contributed by atoms with Crippen LogP contribution in [0.3, 0.4) is 0 Å². The molecule has 1 aliphatic rings. The first-order chi connectivity index (χ1) is 15.8. The van der Waals surface area contributed by atoms with E-state index in [9.17, 15) is 13.2 Å². The summed E-state index contributed by atoms with van der Waals surface area (Å²) in [6.07, 6.45) is 0.822. The molecule has 1 heterocycles. The van der Waals surface area contributed by atoms with E-state index in [-0.39, 0.29) is 17.3 Å². The van der Waals surface area contributed by atoms with E-state index in [1.165, 1.54) is 24.0 Å². The highest BCUT2D eigenvalue weighted by atomic mass is 32.2. The largest absolute Gasteiger partial charge is 0.496 e. The molecule has 7 heteroatoms. The van der Waals surface area contributed by atoms with Gasteiger partial charge < -0.3 is 9.64 Å². The second-order valence-corrected chi connectivity index (χ2v) is 10.4. The van der Waals surface area contributed by atoms with Crippen molar-refractivity contribution in [3.8, 4) is 5.75 Å². The minimum Gasteiger partial charge on any atom is -0.496 e. The third-order valence-electron chi connectivity index (χ3n) is 6.07. The molecule has 0 spiro atoms. The van der Waals surface area contributed by atoms with Gasteiger partial charge in [-0.25, -0.2) is 8.42 Å². The van der Waals surface area contributed by atoms with Gasteiger partial charge in [-0.15, -0.1) is 0 Å². The number of hydrogen-bond acceptors (Lipinski definition) is 4. The average molecular weight is 465 g/mol. The van der Waals surface area contributed by atoms with Crippen LogP contribution in [0, 0.1) is 6.92 Å². The normalized spacial score (nSPS) is 13.6. The number of ether oxygens (including phenoxy) is 1. The van der Waals surface area contributed by atoms with Crippen LogP contribution in [-0.4, -0.2) is 44.2 Å². The Morgan fingerprint density at radius 1 is 1.03 bits per heavy atom. The zero-order valence-electron chi connectivity index (χ0n) is 19.1. The van der Waals surface area contributed by atoms with E-state index in [1.54, 1.807) is 42.5 Å². The van der Waals surface area contributed by atoms with E-state index in [0.29, 0.717) is 30.0 Å². The Labute approximate surface area is 195 Å². The van der Waals surface area contributed by atoms with Crippen LogP contribution in [0.2, 0.25) is 0 Å². The zero-order valence-corrected chi connectivity index (χ0v) is 19.9. The van der Waals surface area contributed by atoms with Gasteiger partial charge in [0.05, 0.1) is 12.0 Å². The van der Waals surface area contributed by atoms with Gasteiger partial charge in [0.15, 0.2) is 0 Å². The molecule has 0 radical (unpaired) electrons. The monoisotopic (exact) mass is 464 g/mol. The van der Waals surface area contributed by atoms with Gasteiger partial charge in [0.2, 0.25) is 10.0 Å². The molecule has 0 unspecified atom stereocenters. The van der Waals surface area contributed by atoms with Crippen molar-refractivity contribution in [3.63, 3.8) is 0 Å². The third-order valence-corrected chi connectivity index (χ3v) is 7.89. The predicted molar refractivity (Wildman–Crippen MR) is 128 cm³/mol. The van der Waals surface area contributed by atoms with E-state index in [0.717, 1.165) is 17.5 Å². The van der Waals surface area contributed by atoms with Crippen molar-refractivity contribution in [1.29, 1.82) is 0 Å². The second-order valence-electron chi connectivity index (χ2n) is 8.35. The van der Waals surface area contributed by atoms with Crippen molar-refractivity contribution in [2.75, 3.05) is 20.7 Å². The Kier molecular flexibility index (Phi) is 6.54. The number of nitrogens with zero attached hydrogens (tertiary/aromatic N) is 2. The number of fused-ring (bicyclic) bond motifs is 1. The minimum atomic E-state index is -3.68. The molecule has 0 N–H and O–H groups in total. The summed E-state index contributed by atoms with van der Waals surface area (Å²) >= 11 is 0. The van der Waals surface area contributed by atoms with E-state index in [2.05, 4.69) is 12.1 Å². The average Bonchev–Trinajstić information content (AvgIpc) is 2.83. The number of rotatable bonds is 6. The number of hydrogen-bond donors (Lipinski definition) is 0. The summed E-state index contributed by atoms with van der Waals surface area (Å²) in [5.74, 6) is 0.471. The van der Waals surface area contributed by atoms with Gasteiger partial charge >= 0.3 is 0 Å². The Morgan fingerprint density at radius 3 is 2.42 bits per heavy atom. The van der Waals surface area contributed by atoms with Gasteiger partial charge in [0.25, 0.3) is 5.91 Å². The molecular weight excluding hydrogens is 436 g/mol. The number of carbonyl (C=O) groups excluding carboxylic acids is 1. The highest BCUT2D eigenvalue weighted by Crippen LogP contribution is 2.26. The summed E-state index contributed by atoms with van der Waals surface area (Å²) in [6.45, 7) is 3.22. The summed E-state index contributed by atoms with van der Waals surface area (Å²) in [5, 5.41) is 0. The summed E-state index contributed by atoms with van der Waals surface area (Å²) in [7, 11) is -0.613. The lowest BCUT2D eigenvalue weighted by Crippen LogP contribution is -2.36. The number of sulfonamides is 1. The molecular formula is C26H28N2O4S. The SMILES string of the molecule is COc1ccc(C(=O)N2CCc3ccccc3C2)cc1CN(C)S(=O)(=O)c1ccc(C)cc1. The van der Waals surface area contributed by atoms with Crippen LogP contribution in [0.15, 0.2) is 71.6 Å². The molecule has 0 saturated carbocycles. The maximum Gasteiger partial charge on any atom is 0.254 e. The highest BCUT2D eigenvalue weighted by Gasteiger charge is 2.25.